The lowest BCUT2D eigenvalue weighted by Gasteiger charge is -2.41. The molecule has 12 heteroatoms. The van der Waals surface area contributed by atoms with Crippen LogP contribution in [-0.4, -0.2) is 80.7 Å². The second-order valence-corrected chi connectivity index (χ2v) is 12.2. The van der Waals surface area contributed by atoms with Crippen molar-refractivity contribution >= 4 is 39.1 Å². The van der Waals surface area contributed by atoms with Gasteiger partial charge in [0.05, 0.1) is 31.8 Å². The van der Waals surface area contributed by atoms with Crippen molar-refractivity contribution < 1.29 is 32.5 Å². The SMILES string of the molecule is COc1ccc(OCCN2CC(C(C)O)C3CCCC(C2=O)N3S(=O)(=O)c2cc(Cl)cc(Cl)c2)cc1OC. The number of hydrogen-bond donors (Lipinski definition) is 1. The van der Waals surface area contributed by atoms with Gasteiger partial charge in [-0.3, -0.25) is 4.79 Å². The number of carbonyl (C=O) groups is 1. The van der Waals surface area contributed by atoms with Crippen LogP contribution in [-0.2, 0) is 14.8 Å². The number of ether oxygens (including phenoxy) is 3. The molecular weight excluding hydrogens is 555 g/mol. The molecule has 1 amide bonds. The number of aliphatic hydroxyl groups is 1. The minimum absolute atomic E-state index is 0.0747. The number of hydrogen-bond acceptors (Lipinski definition) is 7. The number of benzene rings is 2. The molecule has 1 N–H and O–H groups in total. The number of methoxy groups -OCH3 is 2. The van der Waals surface area contributed by atoms with Crippen LogP contribution in [0.4, 0.5) is 0 Å². The van der Waals surface area contributed by atoms with E-state index in [9.17, 15) is 18.3 Å². The summed E-state index contributed by atoms with van der Waals surface area (Å²) in [5.74, 6) is 0.815. The fourth-order valence-electron chi connectivity index (χ4n) is 5.32. The van der Waals surface area contributed by atoms with Crippen molar-refractivity contribution in [1.82, 2.24) is 9.21 Å². The molecule has 208 valence electrons. The van der Waals surface area contributed by atoms with Crippen LogP contribution in [0.5, 0.6) is 17.2 Å². The average molecular weight is 588 g/mol. The summed E-state index contributed by atoms with van der Waals surface area (Å²) in [6.07, 6.45) is 0.730. The molecule has 2 aromatic carbocycles. The molecule has 38 heavy (non-hydrogen) atoms. The first-order valence-corrected chi connectivity index (χ1v) is 14.6. The Bertz CT molecular complexity index is 1250. The fraction of sp³-hybridized carbons (Fsp3) is 0.500. The molecular formula is C26H32Cl2N2O7S. The van der Waals surface area contributed by atoms with E-state index in [4.69, 9.17) is 37.4 Å². The second kappa shape index (κ2) is 11.9. The van der Waals surface area contributed by atoms with E-state index >= 15 is 0 Å². The summed E-state index contributed by atoms with van der Waals surface area (Å²) in [7, 11) is -1.07. The van der Waals surface area contributed by atoms with Gasteiger partial charge in [-0.2, -0.15) is 4.31 Å². The topological polar surface area (TPSA) is 106 Å². The molecule has 2 heterocycles. The molecule has 0 saturated carbocycles. The maximum Gasteiger partial charge on any atom is 0.244 e. The molecule has 0 spiro atoms. The van der Waals surface area contributed by atoms with E-state index < -0.39 is 34.1 Å². The predicted octanol–water partition coefficient (Wildman–Crippen LogP) is 3.84. The van der Waals surface area contributed by atoms with Crippen molar-refractivity contribution in [2.75, 3.05) is 33.9 Å². The van der Waals surface area contributed by atoms with Gasteiger partial charge in [-0.25, -0.2) is 8.42 Å². The Hall–Kier alpha value is -2.24. The zero-order valence-corrected chi connectivity index (χ0v) is 23.8. The van der Waals surface area contributed by atoms with Gasteiger partial charge in [-0.05, 0) is 56.5 Å². The average Bonchev–Trinajstić information content (AvgIpc) is 2.95. The quantitative estimate of drug-likeness (QED) is 0.476. The second-order valence-electron chi connectivity index (χ2n) is 9.51. The normalized spacial score (nSPS) is 23.1. The van der Waals surface area contributed by atoms with E-state index in [1.165, 1.54) is 29.6 Å². The van der Waals surface area contributed by atoms with Crippen LogP contribution in [0.2, 0.25) is 10.0 Å². The highest BCUT2D eigenvalue weighted by molar-refractivity contribution is 7.89. The molecule has 2 fully saturated rings. The van der Waals surface area contributed by atoms with E-state index in [2.05, 4.69) is 0 Å². The Morgan fingerprint density at radius 1 is 1.05 bits per heavy atom. The van der Waals surface area contributed by atoms with Gasteiger partial charge < -0.3 is 24.2 Å². The third kappa shape index (κ3) is 5.84. The van der Waals surface area contributed by atoms with Crippen molar-refractivity contribution in [2.24, 2.45) is 5.92 Å². The van der Waals surface area contributed by atoms with Gasteiger partial charge in [-0.1, -0.05) is 23.2 Å². The Morgan fingerprint density at radius 3 is 2.37 bits per heavy atom. The van der Waals surface area contributed by atoms with Crippen LogP contribution in [0.25, 0.3) is 0 Å². The molecule has 4 unspecified atom stereocenters. The third-order valence-electron chi connectivity index (χ3n) is 7.15. The zero-order valence-electron chi connectivity index (χ0n) is 21.5. The highest BCUT2D eigenvalue weighted by Crippen LogP contribution is 2.39. The largest absolute Gasteiger partial charge is 0.493 e. The summed E-state index contributed by atoms with van der Waals surface area (Å²) in [6.45, 7) is 2.22. The number of amides is 1. The smallest absolute Gasteiger partial charge is 0.244 e. The lowest BCUT2D eigenvalue weighted by Crippen LogP contribution is -2.55. The summed E-state index contributed by atoms with van der Waals surface area (Å²) in [5.41, 5.74) is 0. The summed E-state index contributed by atoms with van der Waals surface area (Å²) in [6, 6.07) is 7.82. The van der Waals surface area contributed by atoms with E-state index in [0.29, 0.717) is 36.5 Å². The minimum Gasteiger partial charge on any atom is -0.493 e. The number of carbonyl (C=O) groups excluding carboxylic acids is 1. The van der Waals surface area contributed by atoms with Gasteiger partial charge in [0.15, 0.2) is 11.5 Å². The number of rotatable bonds is 9. The summed E-state index contributed by atoms with van der Waals surface area (Å²) >= 11 is 12.2. The molecule has 2 bridgehead atoms. The summed E-state index contributed by atoms with van der Waals surface area (Å²) in [5, 5.41) is 11.1. The van der Waals surface area contributed by atoms with Crippen molar-refractivity contribution in [3.63, 3.8) is 0 Å². The number of sulfonamides is 1. The van der Waals surface area contributed by atoms with Gasteiger partial charge in [0, 0.05) is 34.6 Å². The van der Waals surface area contributed by atoms with Crippen LogP contribution in [0.15, 0.2) is 41.3 Å². The molecule has 2 aliphatic rings. The Kier molecular flexibility index (Phi) is 8.99. The molecule has 0 aliphatic carbocycles. The first-order valence-electron chi connectivity index (χ1n) is 12.4. The maximum absolute atomic E-state index is 13.9. The van der Waals surface area contributed by atoms with Crippen LogP contribution in [0.3, 0.4) is 0 Å². The van der Waals surface area contributed by atoms with E-state index in [1.54, 1.807) is 37.1 Å². The van der Waals surface area contributed by atoms with Crippen LogP contribution < -0.4 is 14.2 Å². The molecule has 0 aromatic heterocycles. The lowest BCUT2D eigenvalue weighted by molar-refractivity contribution is -0.135. The van der Waals surface area contributed by atoms with Crippen LogP contribution >= 0.6 is 23.2 Å². The lowest BCUT2D eigenvalue weighted by atomic mass is 9.87. The number of nitrogens with zero attached hydrogens (tertiary/aromatic N) is 2. The molecule has 4 atom stereocenters. The van der Waals surface area contributed by atoms with E-state index in [0.717, 1.165) is 0 Å². The summed E-state index contributed by atoms with van der Waals surface area (Å²) in [4.78, 5) is 15.3. The number of fused-ring (bicyclic) bond motifs is 2. The number of halogens is 2. The Morgan fingerprint density at radius 2 is 1.74 bits per heavy atom. The monoisotopic (exact) mass is 586 g/mol. The van der Waals surface area contributed by atoms with Gasteiger partial charge in [0.1, 0.15) is 18.4 Å². The molecule has 2 aromatic rings. The third-order valence-corrected chi connectivity index (χ3v) is 9.50. The standard InChI is InChI=1S/C26H32Cl2N2O7S/c1-16(31)21-15-29(9-10-37-19-7-8-24(35-2)25(14-19)36-3)26(32)23-6-4-5-22(21)30(23)38(33,34)20-12-17(27)11-18(28)13-20/h7-8,11-14,16,21-23,31H,4-6,9-10,15H2,1-3H3. The van der Waals surface area contributed by atoms with Gasteiger partial charge >= 0.3 is 0 Å². The molecule has 4 rings (SSSR count). The zero-order chi connectivity index (χ0) is 27.6. The first kappa shape index (κ1) is 28.8. The Balaban J connectivity index is 1.60. The number of piperidine rings is 1. The summed E-state index contributed by atoms with van der Waals surface area (Å²) < 4.78 is 45.5. The van der Waals surface area contributed by atoms with Crippen molar-refractivity contribution in [2.45, 2.75) is 49.3 Å². The van der Waals surface area contributed by atoms with E-state index in [1.807, 2.05) is 0 Å². The van der Waals surface area contributed by atoms with Crippen molar-refractivity contribution in [1.29, 1.82) is 0 Å². The van der Waals surface area contributed by atoms with Gasteiger partial charge in [0.2, 0.25) is 15.9 Å². The number of aliphatic hydroxyl groups excluding tert-OH is 1. The van der Waals surface area contributed by atoms with Crippen LogP contribution in [0, 0.1) is 5.92 Å². The van der Waals surface area contributed by atoms with Crippen LogP contribution in [0.1, 0.15) is 26.2 Å². The molecule has 2 saturated heterocycles. The van der Waals surface area contributed by atoms with Gasteiger partial charge in [-0.15, -0.1) is 0 Å². The predicted molar refractivity (Wildman–Crippen MR) is 144 cm³/mol. The maximum atomic E-state index is 13.9. The molecule has 2 aliphatic heterocycles. The molecule has 0 radical (unpaired) electrons. The van der Waals surface area contributed by atoms with E-state index in [-0.39, 0.29) is 40.5 Å². The molecule has 9 nitrogen and oxygen atoms in total. The van der Waals surface area contributed by atoms with Gasteiger partial charge in [0.25, 0.3) is 0 Å². The first-order chi connectivity index (χ1) is 18.1. The van der Waals surface area contributed by atoms with Crippen molar-refractivity contribution in [3.8, 4) is 17.2 Å². The highest BCUT2D eigenvalue weighted by Gasteiger charge is 2.51. The fourth-order valence-corrected chi connectivity index (χ4v) is 7.92. The van der Waals surface area contributed by atoms with Crippen molar-refractivity contribution in [3.05, 3.63) is 46.4 Å². The highest BCUT2D eigenvalue weighted by atomic mass is 35.5. The minimum atomic E-state index is -4.14. The Labute approximate surface area is 233 Å².